The van der Waals surface area contributed by atoms with E-state index in [9.17, 15) is 28.8 Å². The highest BCUT2D eigenvalue weighted by Gasteiger charge is 2.31. The van der Waals surface area contributed by atoms with E-state index in [-0.39, 0.29) is 25.3 Å². The molecule has 0 aliphatic carbocycles. The molecule has 1 aliphatic rings. The molecule has 1 aliphatic heterocycles. The van der Waals surface area contributed by atoms with Crippen LogP contribution in [0, 0.1) is 0 Å². The van der Waals surface area contributed by atoms with Crippen molar-refractivity contribution >= 4 is 41.5 Å². The number of nitrogens with zero attached hydrogens (tertiary/aromatic N) is 1. The summed E-state index contributed by atoms with van der Waals surface area (Å²) in [4.78, 5) is 78.6. The molecule has 16 heteroatoms. The maximum absolute atomic E-state index is 13.1. The van der Waals surface area contributed by atoms with Gasteiger partial charge in [0.05, 0.1) is 13.0 Å². The Morgan fingerprint density at radius 1 is 0.865 bits per heavy atom. The number of nitrogens with two attached hydrogens (primary N) is 3. The largest absolute Gasteiger partial charge is 0.481 e. The number of carbonyl (C=O) groups is 6. The Balaban J connectivity index is 3.22. The van der Waals surface area contributed by atoms with E-state index in [2.05, 4.69) is 31.6 Å². The Labute approximate surface area is 213 Å². The minimum Gasteiger partial charge on any atom is -0.481 e. The Hall–Kier alpha value is -3.95. The number of hydrogen-bond acceptors (Lipinski definition) is 8. The summed E-state index contributed by atoms with van der Waals surface area (Å²) in [6, 6.07) is -4.81. The third-order valence-electron chi connectivity index (χ3n) is 5.36. The van der Waals surface area contributed by atoms with Crippen molar-refractivity contribution in [2.24, 2.45) is 22.2 Å². The van der Waals surface area contributed by atoms with E-state index in [0.717, 1.165) is 0 Å². The number of carboxylic acids is 1. The van der Waals surface area contributed by atoms with E-state index in [4.69, 9.17) is 22.3 Å². The molecule has 1 rings (SSSR count). The highest BCUT2D eigenvalue weighted by molar-refractivity contribution is 5.97. The van der Waals surface area contributed by atoms with Gasteiger partial charge in [0, 0.05) is 6.54 Å². The number of aliphatic imine (C=N–C) groups is 1. The topological polar surface area (TPSA) is 273 Å². The van der Waals surface area contributed by atoms with Crippen LogP contribution in [0.25, 0.3) is 0 Å². The van der Waals surface area contributed by atoms with Gasteiger partial charge in [-0.1, -0.05) is 0 Å². The number of nitrogens with one attached hydrogen (secondary N) is 5. The molecule has 0 saturated carbocycles. The van der Waals surface area contributed by atoms with Gasteiger partial charge in [-0.05, 0) is 45.6 Å². The van der Waals surface area contributed by atoms with Crippen LogP contribution in [0.15, 0.2) is 4.99 Å². The molecule has 0 radical (unpaired) electrons. The second-order valence-corrected chi connectivity index (χ2v) is 8.52. The monoisotopic (exact) mass is 527 g/mol. The zero-order valence-electron chi connectivity index (χ0n) is 20.7. The van der Waals surface area contributed by atoms with Crippen molar-refractivity contribution in [2.75, 3.05) is 19.6 Å². The zero-order valence-corrected chi connectivity index (χ0v) is 20.7. The number of carbonyl (C=O) groups excluding carboxylic acids is 5. The fourth-order valence-electron chi connectivity index (χ4n) is 3.40. The number of amides is 5. The van der Waals surface area contributed by atoms with Crippen LogP contribution in [0.4, 0.5) is 0 Å². The standard InChI is InChI=1S/C21H37N9O7/c1-11-17(34)29-13(5-2-3-7-22)19(36)30-12(6-4-8-25-21(23)24)18(35)26-10-15(31)28-14(9-16(32)33)20(37)27-11/h11-14H,2-10,22H2,1H3,(H,26,35)(H,27,37)(H,28,31)(H,29,34)(H,30,36)(H,32,33)(H4,23,24,25)/t11-,12+,13?,14+/m1/s1. The van der Waals surface area contributed by atoms with E-state index < -0.39 is 72.6 Å². The zero-order chi connectivity index (χ0) is 28.0. The van der Waals surface area contributed by atoms with Gasteiger partial charge in [0.15, 0.2) is 5.96 Å². The SMILES string of the molecule is C[C@H]1NC(=O)[C@H](CC(=O)O)NC(=O)CNC(=O)[C@H](CCCN=C(N)N)NC(=O)C(CCCCN)NC1=O. The minimum atomic E-state index is -1.50. The number of rotatable bonds is 10. The first-order chi connectivity index (χ1) is 17.4. The molecule has 0 bridgehead atoms. The summed E-state index contributed by atoms with van der Waals surface area (Å²) in [5, 5.41) is 21.2. The van der Waals surface area contributed by atoms with Crippen molar-refractivity contribution in [2.45, 2.75) is 69.6 Å². The van der Waals surface area contributed by atoms with Crippen molar-refractivity contribution in [1.82, 2.24) is 26.6 Å². The van der Waals surface area contributed by atoms with Crippen molar-refractivity contribution in [3.8, 4) is 0 Å². The van der Waals surface area contributed by atoms with Crippen LogP contribution < -0.4 is 43.8 Å². The van der Waals surface area contributed by atoms with Crippen LogP contribution in [0.3, 0.4) is 0 Å². The van der Waals surface area contributed by atoms with Gasteiger partial charge in [-0.15, -0.1) is 0 Å². The second-order valence-electron chi connectivity index (χ2n) is 8.52. The molecule has 0 aromatic rings. The van der Waals surface area contributed by atoms with E-state index in [1.807, 2.05) is 0 Å². The molecule has 1 fully saturated rings. The van der Waals surface area contributed by atoms with Crippen LogP contribution in [-0.2, 0) is 28.8 Å². The van der Waals surface area contributed by atoms with Crippen molar-refractivity contribution in [1.29, 1.82) is 0 Å². The number of guanidine groups is 1. The summed E-state index contributed by atoms with van der Waals surface area (Å²) in [7, 11) is 0. The summed E-state index contributed by atoms with van der Waals surface area (Å²) in [6.07, 6.45) is 0.948. The van der Waals surface area contributed by atoms with Gasteiger partial charge in [-0.3, -0.25) is 33.8 Å². The molecular formula is C21H37N9O7. The lowest BCUT2D eigenvalue weighted by Crippen LogP contribution is -2.57. The maximum Gasteiger partial charge on any atom is 0.305 e. The third-order valence-corrected chi connectivity index (χ3v) is 5.36. The lowest BCUT2D eigenvalue weighted by molar-refractivity contribution is -0.141. The molecule has 1 unspecified atom stereocenters. The van der Waals surface area contributed by atoms with E-state index >= 15 is 0 Å². The van der Waals surface area contributed by atoms with Crippen molar-refractivity contribution in [3.05, 3.63) is 0 Å². The van der Waals surface area contributed by atoms with Gasteiger partial charge in [-0.25, -0.2) is 0 Å². The molecule has 208 valence electrons. The van der Waals surface area contributed by atoms with Gasteiger partial charge in [-0.2, -0.15) is 0 Å². The summed E-state index contributed by atoms with van der Waals surface area (Å²) in [5.41, 5.74) is 16.1. The van der Waals surface area contributed by atoms with Gasteiger partial charge >= 0.3 is 5.97 Å². The molecule has 0 aromatic heterocycles. The first kappa shape index (κ1) is 31.1. The highest BCUT2D eigenvalue weighted by Crippen LogP contribution is 2.06. The molecule has 0 spiro atoms. The molecule has 37 heavy (non-hydrogen) atoms. The predicted octanol–water partition coefficient (Wildman–Crippen LogP) is -4.27. The summed E-state index contributed by atoms with van der Waals surface area (Å²) < 4.78 is 0. The van der Waals surface area contributed by atoms with E-state index in [0.29, 0.717) is 25.8 Å². The van der Waals surface area contributed by atoms with Gasteiger partial charge in [0.2, 0.25) is 29.5 Å². The molecule has 0 aromatic carbocycles. The minimum absolute atomic E-state index is 0.109. The fraction of sp³-hybridized carbons (Fsp3) is 0.667. The van der Waals surface area contributed by atoms with Gasteiger partial charge in [0.25, 0.3) is 0 Å². The normalized spacial score (nSPS) is 23.8. The fourth-order valence-corrected chi connectivity index (χ4v) is 3.40. The third kappa shape index (κ3) is 12.0. The lowest BCUT2D eigenvalue weighted by Gasteiger charge is -2.24. The maximum atomic E-state index is 13.1. The van der Waals surface area contributed by atoms with Gasteiger partial charge < -0.3 is 48.9 Å². The highest BCUT2D eigenvalue weighted by atomic mass is 16.4. The predicted molar refractivity (Wildman–Crippen MR) is 131 cm³/mol. The summed E-state index contributed by atoms with van der Waals surface area (Å²) in [5.74, 6) is -5.33. The van der Waals surface area contributed by atoms with E-state index in [1.54, 1.807) is 0 Å². The number of unbranched alkanes of at least 4 members (excludes halogenated alkanes) is 1. The average molecular weight is 528 g/mol. The molecule has 16 nitrogen and oxygen atoms in total. The Morgan fingerprint density at radius 3 is 2.08 bits per heavy atom. The van der Waals surface area contributed by atoms with Gasteiger partial charge in [0.1, 0.15) is 24.2 Å². The van der Waals surface area contributed by atoms with Crippen LogP contribution in [0.1, 0.15) is 45.4 Å². The average Bonchev–Trinajstić information content (AvgIpc) is 2.82. The van der Waals surface area contributed by atoms with Crippen molar-refractivity contribution in [3.63, 3.8) is 0 Å². The van der Waals surface area contributed by atoms with Crippen LogP contribution in [-0.4, -0.2) is 90.4 Å². The summed E-state index contributed by atoms with van der Waals surface area (Å²) in [6.45, 7) is 1.31. The summed E-state index contributed by atoms with van der Waals surface area (Å²) >= 11 is 0. The Kier molecular flexibility index (Phi) is 13.4. The smallest absolute Gasteiger partial charge is 0.305 e. The molecule has 12 N–H and O–H groups in total. The number of aliphatic carboxylic acids is 1. The Bertz CT molecular complexity index is 876. The van der Waals surface area contributed by atoms with Crippen molar-refractivity contribution < 1.29 is 33.9 Å². The van der Waals surface area contributed by atoms with E-state index in [1.165, 1.54) is 6.92 Å². The van der Waals surface area contributed by atoms with Crippen LogP contribution in [0.5, 0.6) is 0 Å². The second kappa shape index (κ2) is 15.9. The number of carboxylic acid groups (broad SMARTS) is 1. The van der Waals surface area contributed by atoms with Crippen LogP contribution in [0.2, 0.25) is 0 Å². The molecule has 1 heterocycles. The Morgan fingerprint density at radius 2 is 1.46 bits per heavy atom. The molecule has 1 saturated heterocycles. The molecular weight excluding hydrogens is 490 g/mol. The first-order valence-corrected chi connectivity index (χ1v) is 11.9. The van der Waals surface area contributed by atoms with Crippen LogP contribution >= 0.6 is 0 Å². The quantitative estimate of drug-likeness (QED) is 0.0749. The lowest BCUT2D eigenvalue weighted by atomic mass is 10.1. The first-order valence-electron chi connectivity index (χ1n) is 11.9. The molecule has 4 atom stereocenters. The molecule has 5 amide bonds. The number of hydrogen-bond donors (Lipinski definition) is 9.